The predicted octanol–water partition coefficient (Wildman–Crippen LogP) is 3.88. The van der Waals surface area contributed by atoms with Crippen molar-refractivity contribution in [2.75, 3.05) is 19.2 Å². The standard InChI is InChI=1S/C20H16N4O3/c1-25-16-5-3-2-4-14(16)15-7-9-19-21-11-20(24(19)23-15)22-13-6-8-17-18(10-13)27-12-26-17/h2-11,22H,12H2,1H3. The van der Waals surface area contributed by atoms with Crippen LogP contribution >= 0.6 is 0 Å². The molecule has 27 heavy (non-hydrogen) atoms. The molecule has 0 atom stereocenters. The fourth-order valence-corrected chi connectivity index (χ4v) is 3.08. The number of hydrogen-bond acceptors (Lipinski definition) is 6. The first-order valence-electron chi connectivity index (χ1n) is 8.47. The summed E-state index contributed by atoms with van der Waals surface area (Å²) in [4.78, 5) is 4.42. The third-order valence-corrected chi connectivity index (χ3v) is 4.39. The number of methoxy groups -OCH3 is 1. The highest BCUT2D eigenvalue weighted by Crippen LogP contribution is 2.35. The molecule has 0 fully saturated rings. The van der Waals surface area contributed by atoms with Crippen molar-refractivity contribution in [3.8, 4) is 28.5 Å². The number of hydrogen-bond donors (Lipinski definition) is 1. The SMILES string of the molecule is COc1ccccc1-c1ccc2ncc(Nc3ccc4c(c3)OCO4)n2n1. The Labute approximate surface area is 155 Å². The molecule has 0 amide bonds. The molecule has 0 unspecified atom stereocenters. The summed E-state index contributed by atoms with van der Waals surface area (Å²) in [5.74, 6) is 2.99. The van der Waals surface area contributed by atoms with Crippen LogP contribution < -0.4 is 19.5 Å². The first-order valence-corrected chi connectivity index (χ1v) is 8.47. The summed E-state index contributed by atoms with van der Waals surface area (Å²) in [6, 6.07) is 17.4. The van der Waals surface area contributed by atoms with Gasteiger partial charge >= 0.3 is 0 Å². The van der Waals surface area contributed by atoms with Gasteiger partial charge in [-0.1, -0.05) is 12.1 Å². The summed E-state index contributed by atoms with van der Waals surface area (Å²) in [7, 11) is 1.65. The summed E-state index contributed by atoms with van der Waals surface area (Å²) >= 11 is 0. The van der Waals surface area contributed by atoms with Gasteiger partial charge in [0.25, 0.3) is 0 Å². The lowest BCUT2D eigenvalue weighted by atomic mass is 10.1. The van der Waals surface area contributed by atoms with Gasteiger partial charge in [0, 0.05) is 17.3 Å². The Kier molecular flexibility index (Phi) is 3.57. The average Bonchev–Trinajstić information content (AvgIpc) is 3.34. The van der Waals surface area contributed by atoms with Gasteiger partial charge in [0.2, 0.25) is 6.79 Å². The van der Waals surface area contributed by atoms with Gasteiger partial charge in [0.1, 0.15) is 5.75 Å². The minimum absolute atomic E-state index is 0.248. The quantitative estimate of drug-likeness (QED) is 0.596. The van der Waals surface area contributed by atoms with Crippen LogP contribution in [0.2, 0.25) is 0 Å². The third kappa shape index (κ3) is 2.69. The molecule has 2 aromatic carbocycles. The lowest BCUT2D eigenvalue weighted by Gasteiger charge is -2.09. The van der Waals surface area contributed by atoms with Crippen molar-refractivity contribution in [3.05, 3.63) is 60.8 Å². The molecular formula is C20H16N4O3. The molecule has 0 saturated heterocycles. The van der Waals surface area contributed by atoms with Crippen molar-refractivity contribution in [2.45, 2.75) is 0 Å². The Hall–Kier alpha value is -3.74. The van der Waals surface area contributed by atoms with E-state index in [1.54, 1.807) is 17.8 Å². The topological polar surface area (TPSA) is 69.9 Å². The van der Waals surface area contributed by atoms with Gasteiger partial charge in [0.05, 0.1) is 19.0 Å². The Morgan fingerprint density at radius 1 is 1.04 bits per heavy atom. The van der Waals surface area contributed by atoms with Crippen LogP contribution in [0, 0.1) is 0 Å². The number of fused-ring (bicyclic) bond motifs is 2. The monoisotopic (exact) mass is 360 g/mol. The molecule has 134 valence electrons. The maximum Gasteiger partial charge on any atom is 0.231 e. The van der Waals surface area contributed by atoms with Crippen LogP contribution in [0.4, 0.5) is 11.5 Å². The molecule has 5 rings (SSSR count). The molecule has 3 heterocycles. The average molecular weight is 360 g/mol. The van der Waals surface area contributed by atoms with E-state index in [4.69, 9.17) is 19.3 Å². The second-order valence-electron chi connectivity index (χ2n) is 6.03. The first kappa shape index (κ1) is 15.5. The van der Waals surface area contributed by atoms with E-state index < -0.39 is 0 Å². The van der Waals surface area contributed by atoms with Gasteiger partial charge in [-0.2, -0.15) is 9.61 Å². The van der Waals surface area contributed by atoms with Crippen molar-refractivity contribution in [2.24, 2.45) is 0 Å². The van der Waals surface area contributed by atoms with Crippen LogP contribution in [0.25, 0.3) is 16.9 Å². The molecule has 4 aromatic rings. The fraction of sp³-hybridized carbons (Fsp3) is 0.100. The lowest BCUT2D eigenvalue weighted by Crippen LogP contribution is -2.00. The zero-order valence-electron chi connectivity index (χ0n) is 14.5. The van der Waals surface area contributed by atoms with E-state index in [0.717, 1.165) is 45.7 Å². The van der Waals surface area contributed by atoms with Crippen LogP contribution in [0.5, 0.6) is 17.2 Å². The molecule has 7 nitrogen and oxygen atoms in total. The van der Waals surface area contributed by atoms with Gasteiger partial charge in [-0.05, 0) is 36.4 Å². The number of benzene rings is 2. The summed E-state index contributed by atoms with van der Waals surface area (Å²) in [5, 5.41) is 8.07. The molecule has 0 bridgehead atoms. The normalized spacial score (nSPS) is 12.3. The molecule has 2 aromatic heterocycles. The van der Waals surface area contributed by atoms with E-state index in [9.17, 15) is 0 Å². The molecule has 1 N–H and O–H groups in total. The number of para-hydroxylation sites is 1. The van der Waals surface area contributed by atoms with Crippen molar-refractivity contribution >= 4 is 17.2 Å². The minimum atomic E-state index is 0.248. The number of imidazole rings is 1. The summed E-state index contributed by atoms with van der Waals surface area (Å²) in [6.07, 6.45) is 1.75. The summed E-state index contributed by atoms with van der Waals surface area (Å²) in [6.45, 7) is 0.248. The Morgan fingerprint density at radius 3 is 2.85 bits per heavy atom. The van der Waals surface area contributed by atoms with Crippen molar-refractivity contribution in [1.82, 2.24) is 14.6 Å². The molecule has 0 spiro atoms. The van der Waals surface area contributed by atoms with E-state index in [0.29, 0.717) is 0 Å². The molecule has 0 radical (unpaired) electrons. The van der Waals surface area contributed by atoms with E-state index in [2.05, 4.69) is 10.3 Å². The molecule has 0 saturated carbocycles. The Balaban J connectivity index is 1.54. The van der Waals surface area contributed by atoms with Crippen molar-refractivity contribution < 1.29 is 14.2 Å². The van der Waals surface area contributed by atoms with E-state index in [1.807, 2.05) is 54.6 Å². The van der Waals surface area contributed by atoms with E-state index in [1.165, 1.54) is 0 Å². The van der Waals surface area contributed by atoms with Crippen LogP contribution in [-0.2, 0) is 0 Å². The first-order chi connectivity index (χ1) is 13.3. The summed E-state index contributed by atoms with van der Waals surface area (Å²) in [5.41, 5.74) is 3.33. The van der Waals surface area contributed by atoms with Gasteiger partial charge in [-0.25, -0.2) is 4.98 Å². The zero-order chi connectivity index (χ0) is 18.2. The van der Waals surface area contributed by atoms with E-state index in [-0.39, 0.29) is 6.79 Å². The lowest BCUT2D eigenvalue weighted by molar-refractivity contribution is 0.174. The third-order valence-electron chi connectivity index (χ3n) is 4.39. The number of nitrogens with one attached hydrogen (secondary N) is 1. The van der Waals surface area contributed by atoms with Crippen LogP contribution in [0.15, 0.2) is 60.8 Å². The van der Waals surface area contributed by atoms with Crippen molar-refractivity contribution in [3.63, 3.8) is 0 Å². The Bertz CT molecular complexity index is 1140. The largest absolute Gasteiger partial charge is 0.496 e. The number of anilines is 2. The number of aromatic nitrogens is 3. The second kappa shape index (κ2) is 6.21. The minimum Gasteiger partial charge on any atom is -0.496 e. The molecule has 7 heteroatoms. The highest BCUT2D eigenvalue weighted by molar-refractivity contribution is 5.69. The summed E-state index contributed by atoms with van der Waals surface area (Å²) < 4.78 is 18.0. The molecular weight excluding hydrogens is 344 g/mol. The smallest absolute Gasteiger partial charge is 0.231 e. The fourth-order valence-electron chi connectivity index (χ4n) is 3.08. The van der Waals surface area contributed by atoms with E-state index >= 15 is 0 Å². The van der Waals surface area contributed by atoms with Gasteiger partial charge in [-0.15, -0.1) is 0 Å². The zero-order valence-corrected chi connectivity index (χ0v) is 14.5. The highest BCUT2D eigenvalue weighted by atomic mass is 16.7. The van der Waals surface area contributed by atoms with Gasteiger partial charge in [0.15, 0.2) is 23.0 Å². The number of rotatable bonds is 4. The Morgan fingerprint density at radius 2 is 1.93 bits per heavy atom. The predicted molar refractivity (Wildman–Crippen MR) is 101 cm³/mol. The van der Waals surface area contributed by atoms with Crippen LogP contribution in [-0.4, -0.2) is 28.5 Å². The maximum atomic E-state index is 5.46. The number of nitrogens with zero attached hydrogens (tertiary/aromatic N) is 3. The van der Waals surface area contributed by atoms with Gasteiger partial charge < -0.3 is 19.5 Å². The van der Waals surface area contributed by atoms with Gasteiger partial charge in [-0.3, -0.25) is 0 Å². The van der Waals surface area contributed by atoms with Crippen LogP contribution in [0.3, 0.4) is 0 Å². The number of ether oxygens (including phenoxy) is 3. The molecule has 1 aliphatic heterocycles. The molecule has 1 aliphatic rings. The highest BCUT2D eigenvalue weighted by Gasteiger charge is 2.15. The second-order valence-corrected chi connectivity index (χ2v) is 6.03. The van der Waals surface area contributed by atoms with Crippen molar-refractivity contribution in [1.29, 1.82) is 0 Å². The van der Waals surface area contributed by atoms with Crippen LogP contribution in [0.1, 0.15) is 0 Å². The maximum absolute atomic E-state index is 5.46. The molecule has 0 aliphatic carbocycles.